The summed E-state index contributed by atoms with van der Waals surface area (Å²) >= 11 is 1.74. The first kappa shape index (κ1) is 28.1. The molecule has 2 unspecified atom stereocenters. The maximum Gasteiger partial charge on any atom is 0.452 e. The van der Waals surface area contributed by atoms with Crippen LogP contribution in [0.3, 0.4) is 0 Å². The summed E-state index contributed by atoms with van der Waals surface area (Å²) in [5.41, 5.74) is -2.48. The Labute approximate surface area is 222 Å². The maximum absolute atomic E-state index is 13.3. The molecule has 1 aromatic heterocycles. The van der Waals surface area contributed by atoms with E-state index in [4.69, 9.17) is 5.11 Å². The molecule has 38 heavy (non-hydrogen) atoms. The molecule has 1 fully saturated rings. The Morgan fingerprint density at radius 2 is 1.95 bits per heavy atom. The van der Waals surface area contributed by atoms with E-state index in [2.05, 4.69) is 19.6 Å². The molecule has 1 amide bonds. The summed E-state index contributed by atoms with van der Waals surface area (Å²) in [6.07, 6.45) is -2.44. The summed E-state index contributed by atoms with van der Waals surface area (Å²) in [6, 6.07) is 9.02. The second-order valence-electron chi connectivity index (χ2n) is 8.46. The van der Waals surface area contributed by atoms with Gasteiger partial charge in [-0.15, -0.1) is 28.4 Å². The second-order valence-corrected chi connectivity index (χ2v) is 12.4. The molecule has 0 radical (unpaired) electrons. The molecule has 2 atom stereocenters. The van der Waals surface area contributed by atoms with Crippen LogP contribution in [-0.4, -0.2) is 53.4 Å². The van der Waals surface area contributed by atoms with E-state index in [1.54, 1.807) is 30.3 Å². The highest BCUT2D eigenvalue weighted by atomic mass is 32.3. The Morgan fingerprint density at radius 3 is 2.50 bits per heavy atom. The van der Waals surface area contributed by atoms with Crippen LogP contribution >= 0.6 is 23.5 Å². The van der Waals surface area contributed by atoms with Crippen molar-refractivity contribution in [1.82, 2.24) is 9.88 Å². The molecular formula is C22H18F3N3O7S3. The summed E-state index contributed by atoms with van der Waals surface area (Å²) in [6.45, 7) is 0. The van der Waals surface area contributed by atoms with Gasteiger partial charge in [-0.1, -0.05) is 41.6 Å². The van der Waals surface area contributed by atoms with E-state index < -0.39 is 44.8 Å². The minimum atomic E-state index is -4.73. The van der Waals surface area contributed by atoms with Crippen LogP contribution in [0.25, 0.3) is 5.57 Å². The van der Waals surface area contributed by atoms with Crippen LogP contribution in [-0.2, 0) is 31.2 Å². The highest BCUT2D eigenvalue weighted by Gasteiger charge is 2.74. The number of carboxylic acids is 1. The Morgan fingerprint density at radius 1 is 1.24 bits per heavy atom. The number of nitrogens with zero attached hydrogens (tertiary/aromatic N) is 2. The van der Waals surface area contributed by atoms with Gasteiger partial charge in [0.05, 0.1) is 5.75 Å². The van der Waals surface area contributed by atoms with E-state index in [1.807, 2.05) is 0 Å². The summed E-state index contributed by atoms with van der Waals surface area (Å²) in [5.74, 6) is -4.02. The molecule has 1 saturated carbocycles. The summed E-state index contributed by atoms with van der Waals surface area (Å²) in [5, 5.41) is 14.9. The first-order valence-corrected chi connectivity index (χ1v) is 14.3. The van der Waals surface area contributed by atoms with Crippen molar-refractivity contribution in [1.29, 1.82) is 0 Å². The van der Waals surface area contributed by atoms with Gasteiger partial charge in [-0.3, -0.25) is 9.59 Å². The number of halogens is 3. The highest BCUT2D eigenvalue weighted by molar-refractivity contribution is 8.18. The maximum atomic E-state index is 13.3. The third kappa shape index (κ3) is 5.30. The van der Waals surface area contributed by atoms with Gasteiger partial charge in [0.15, 0.2) is 0 Å². The van der Waals surface area contributed by atoms with E-state index in [0.717, 1.165) is 29.6 Å². The summed E-state index contributed by atoms with van der Waals surface area (Å²) in [4.78, 5) is 35.2. The minimum absolute atomic E-state index is 0.0109. The highest BCUT2D eigenvalue weighted by Crippen LogP contribution is 2.60. The van der Waals surface area contributed by atoms with Gasteiger partial charge in [-0.05, 0) is 23.6 Å². The predicted molar refractivity (Wildman–Crippen MR) is 133 cm³/mol. The largest absolute Gasteiger partial charge is 0.481 e. The molecule has 1 aliphatic heterocycles. The lowest BCUT2D eigenvalue weighted by molar-refractivity contribution is -0.155. The number of amides is 1. The van der Waals surface area contributed by atoms with E-state index in [0.29, 0.717) is 11.6 Å². The Balaban J connectivity index is 1.64. The number of nitroso groups, excluding NO2 is 1. The summed E-state index contributed by atoms with van der Waals surface area (Å²) in [7, 11) is -4.42. The molecular weight excluding hydrogens is 571 g/mol. The lowest BCUT2D eigenvalue weighted by Gasteiger charge is -2.25. The molecule has 0 saturated heterocycles. The fraction of sp³-hybridized carbons (Fsp3) is 0.318. The quantitative estimate of drug-likeness (QED) is 0.391. The van der Waals surface area contributed by atoms with Gasteiger partial charge >= 0.3 is 18.1 Å². The smallest absolute Gasteiger partial charge is 0.452 e. The van der Waals surface area contributed by atoms with Crippen LogP contribution in [0.1, 0.15) is 23.4 Å². The number of carboxylic acid groups (broad SMARTS) is 1. The Hall–Kier alpha value is -2.95. The molecule has 2 N–H and O–H groups in total. The molecule has 4 rings (SSSR count). The average molecular weight is 590 g/mol. The molecule has 202 valence electrons. The Bertz CT molecular complexity index is 1440. The van der Waals surface area contributed by atoms with Gasteiger partial charge in [-0.25, -0.2) is 8.42 Å². The minimum Gasteiger partial charge on any atom is -0.481 e. The molecule has 2 aromatic rings. The number of allylic oxidation sites excluding steroid dienone is 2. The zero-order valence-corrected chi connectivity index (χ0v) is 21.5. The van der Waals surface area contributed by atoms with Crippen LogP contribution in [0.5, 0.6) is 0 Å². The fourth-order valence-corrected chi connectivity index (χ4v) is 8.13. The first-order chi connectivity index (χ1) is 17.8. The van der Waals surface area contributed by atoms with Crippen molar-refractivity contribution in [2.45, 2.75) is 23.6 Å². The molecule has 0 spiro atoms. The zero-order valence-electron chi connectivity index (χ0n) is 19.1. The van der Waals surface area contributed by atoms with Crippen LogP contribution < -0.4 is 4.72 Å². The van der Waals surface area contributed by atoms with Gasteiger partial charge in [0.25, 0.3) is 0 Å². The number of rotatable bonds is 10. The van der Waals surface area contributed by atoms with Crippen molar-refractivity contribution >= 4 is 51.0 Å². The third-order valence-corrected chi connectivity index (χ3v) is 10.4. The SMILES string of the molecule is O=NC(=O)C1(NS(=O)(=O)C2=CC=C(c3cc(C(F)(F)F)on3)CS2)CC1(CSCC(=O)O)c1ccccc1. The van der Waals surface area contributed by atoms with Crippen LogP contribution in [0.4, 0.5) is 13.2 Å². The van der Waals surface area contributed by atoms with Crippen molar-refractivity contribution in [3.63, 3.8) is 0 Å². The van der Waals surface area contributed by atoms with Crippen molar-refractivity contribution in [2.24, 2.45) is 5.18 Å². The standard InChI is InChI=1S/C22H18F3N3O7S3/c23-22(24,25)16-8-15(27-35-16)13-6-7-18(37-9-13)38(33,34)28-21(19(31)26-32)11-20(21,12-36-10-17(29)30)14-4-2-1-3-5-14/h1-8,28H,9-12H2,(H,29,30). The number of alkyl halides is 3. The predicted octanol–water partition coefficient (Wildman–Crippen LogP) is 3.78. The molecule has 16 heteroatoms. The van der Waals surface area contributed by atoms with Gasteiger partial charge in [0.1, 0.15) is 15.5 Å². The molecule has 2 heterocycles. The van der Waals surface area contributed by atoms with Crippen molar-refractivity contribution in [3.05, 3.63) is 74.7 Å². The molecule has 1 aliphatic carbocycles. The lowest BCUT2D eigenvalue weighted by Crippen LogP contribution is -2.49. The third-order valence-electron chi connectivity index (χ3n) is 6.09. The first-order valence-electron chi connectivity index (χ1n) is 10.7. The van der Waals surface area contributed by atoms with E-state index in [-0.39, 0.29) is 39.2 Å². The molecule has 1 aromatic carbocycles. The summed E-state index contributed by atoms with van der Waals surface area (Å²) < 4.78 is 71.5. The fourth-order valence-electron chi connectivity index (χ4n) is 4.20. The van der Waals surface area contributed by atoms with Crippen molar-refractivity contribution < 1.29 is 40.8 Å². The number of hydrogen-bond donors (Lipinski definition) is 2. The second kappa shape index (κ2) is 10.3. The van der Waals surface area contributed by atoms with Crippen molar-refractivity contribution in [2.75, 3.05) is 17.3 Å². The van der Waals surface area contributed by atoms with Gasteiger partial charge in [0.2, 0.25) is 15.8 Å². The number of aromatic nitrogens is 1. The molecule has 2 aliphatic rings. The number of carbonyl (C=O) groups is 2. The average Bonchev–Trinajstić information content (AvgIpc) is 3.24. The van der Waals surface area contributed by atoms with E-state index in [9.17, 15) is 36.1 Å². The van der Waals surface area contributed by atoms with Gasteiger partial charge in [0, 0.05) is 28.2 Å². The van der Waals surface area contributed by atoms with Crippen LogP contribution in [0, 0.1) is 4.91 Å². The van der Waals surface area contributed by atoms with E-state index in [1.165, 1.54) is 6.08 Å². The number of thioether (sulfide) groups is 2. The topological polar surface area (TPSA) is 156 Å². The van der Waals surface area contributed by atoms with Crippen molar-refractivity contribution in [3.8, 4) is 0 Å². The number of sulfonamides is 1. The van der Waals surface area contributed by atoms with Gasteiger partial charge < -0.3 is 9.63 Å². The number of carbonyl (C=O) groups excluding carboxylic acids is 1. The number of aliphatic carboxylic acids is 1. The lowest BCUT2D eigenvalue weighted by atomic mass is 9.92. The molecule has 0 bridgehead atoms. The normalized spacial score (nSPS) is 23.3. The number of nitrogens with one attached hydrogen (secondary N) is 1. The number of hydrogen-bond acceptors (Lipinski definition) is 9. The van der Waals surface area contributed by atoms with Crippen LogP contribution in [0.15, 0.2) is 62.5 Å². The van der Waals surface area contributed by atoms with Gasteiger partial charge in [-0.2, -0.15) is 17.9 Å². The monoisotopic (exact) mass is 589 g/mol. The number of benzene rings is 1. The van der Waals surface area contributed by atoms with E-state index >= 15 is 0 Å². The Kier molecular flexibility index (Phi) is 7.62. The molecule has 10 nitrogen and oxygen atoms in total. The van der Waals surface area contributed by atoms with Crippen LogP contribution in [0.2, 0.25) is 0 Å². The zero-order chi connectivity index (χ0) is 27.8.